The Bertz CT molecular complexity index is 1250. The average molecular weight is 741 g/mol. The van der Waals surface area contributed by atoms with Gasteiger partial charge in [-0.1, -0.05) is 27.7 Å². The van der Waals surface area contributed by atoms with Crippen molar-refractivity contribution < 1.29 is 45.5 Å². The predicted octanol–water partition coefficient (Wildman–Crippen LogP) is 1.81. The number of likely N-dealkylation sites (tertiary alicyclic amines) is 1. The van der Waals surface area contributed by atoms with E-state index in [4.69, 9.17) is 9.47 Å². The number of rotatable bonds is 17. The Morgan fingerprint density at radius 3 is 1.37 bits per heavy atom. The van der Waals surface area contributed by atoms with Crippen molar-refractivity contribution in [1.29, 1.82) is 0 Å². The van der Waals surface area contributed by atoms with E-state index in [2.05, 4.69) is 25.4 Å². The highest BCUT2D eigenvalue weighted by molar-refractivity contribution is 7.89. The van der Waals surface area contributed by atoms with E-state index in [1.807, 2.05) is 27.7 Å². The van der Waals surface area contributed by atoms with Crippen LogP contribution < -0.4 is 25.4 Å². The van der Waals surface area contributed by atoms with Gasteiger partial charge in [0.1, 0.15) is 11.2 Å². The topological polar surface area (TPSA) is 218 Å². The Labute approximate surface area is 293 Å². The van der Waals surface area contributed by atoms with Gasteiger partial charge in [0.05, 0.1) is 23.6 Å². The van der Waals surface area contributed by atoms with Crippen molar-refractivity contribution >= 4 is 44.0 Å². The molecule has 16 nitrogen and oxygen atoms in total. The molecule has 0 aromatic rings. The molecule has 49 heavy (non-hydrogen) atoms. The number of carbonyl (C=O) groups is 4. The molecule has 0 aromatic heterocycles. The molecule has 0 radical (unpaired) electrons. The molecule has 286 valence electrons. The molecule has 0 saturated carbocycles. The van der Waals surface area contributed by atoms with Crippen LogP contribution >= 0.6 is 0 Å². The molecule has 1 aliphatic rings. The minimum absolute atomic E-state index is 0.0164. The van der Waals surface area contributed by atoms with Gasteiger partial charge in [-0.3, -0.25) is 9.59 Å². The summed E-state index contributed by atoms with van der Waals surface area (Å²) in [6, 6.07) is -3.81. The Hall–Kier alpha value is -2.70. The van der Waals surface area contributed by atoms with Crippen molar-refractivity contribution in [3.8, 4) is 0 Å². The number of amides is 4. The lowest BCUT2D eigenvalue weighted by molar-refractivity contribution is -0.132. The van der Waals surface area contributed by atoms with Crippen molar-refractivity contribution in [2.75, 3.05) is 31.6 Å². The van der Waals surface area contributed by atoms with Crippen LogP contribution in [0.15, 0.2) is 0 Å². The smallest absolute Gasteiger partial charge is 0.407 e. The second-order valence-electron chi connectivity index (χ2n) is 15.4. The first-order chi connectivity index (χ1) is 22.2. The number of nitrogens with one attached hydrogen (secondary N) is 5. The van der Waals surface area contributed by atoms with Gasteiger partial charge in [-0.15, -0.1) is 0 Å². The molecule has 4 amide bonds. The summed E-state index contributed by atoms with van der Waals surface area (Å²) in [5.41, 5.74) is -1.61. The summed E-state index contributed by atoms with van der Waals surface area (Å²) in [5, 5.41) is 7.68. The summed E-state index contributed by atoms with van der Waals surface area (Å²) in [5.74, 6) is -1.83. The highest BCUT2D eigenvalue weighted by atomic mass is 32.2. The van der Waals surface area contributed by atoms with E-state index >= 15 is 0 Å². The van der Waals surface area contributed by atoms with E-state index in [1.54, 1.807) is 41.5 Å². The quantitative estimate of drug-likeness (QED) is 0.146. The van der Waals surface area contributed by atoms with Gasteiger partial charge in [-0.25, -0.2) is 35.9 Å². The van der Waals surface area contributed by atoms with Crippen molar-refractivity contribution in [2.24, 2.45) is 11.8 Å². The first-order valence-electron chi connectivity index (χ1n) is 16.7. The summed E-state index contributed by atoms with van der Waals surface area (Å²) in [6.07, 6.45) is -1.18. The molecule has 4 atom stereocenters. The Morgan fingerprint density at radius 1 is 0.694 bits per heavy atom. The number of hydrogen-bond donors (Lipinski definition) is 5. The Balaban J connectivity index is 3.27. The standard InChI is InChI=1S/C31H60N6O10S2/c1-20(2)14-22(33-28(40)46-30(5,6)7)18-48(42,43)35-24-16-37(27(39)13-12-26(38)32-11)17-25(24)36-49(44,45)19-23(15-21(3)4)34-29(41)47-31(8,9)10/h20-25,35-36H,12-19H2,1-11H3,(H,32,38)(H,33,40)(H,34,41)/t22-,23-,24-,25-/m0/s1. The third-order valence-electron chi connectivity index (χ3n) is 6.97. The van der Waals surface area contributed by atoms with Crippen LogP contribution in [-0.4, -0.2) is 113 Å². The predicted molar refractivity (Wildman–Crippen MR) is 187 cm³/mol. The van der Waals surface area contributed by atoms with E-state index in [-0.39, 0.29) is 43.7 Å². The molecule has 1 rings (SSSR count). The fourth-order valence-electron chi connectivity index (χ4n) is 5.26. The summed E-state index contributed by atoms with van der Waals surface area (Å²) < 4.78 is 69.8. The van der Waals surface area contributed by atoms with E-state index < -0.39 is 85.0 Å². The lowest BCUT2D eigenvalue weighted by atomic mass is 10.1. The fourth-order valence-corrected chi connectivity index (χ4v) is 8.35. The largest absolute Gasteiger partial charge is 0.444 e. The minimum Gasteiger partial charge on any atom is -0.444 e. The van der Waals surface area contributed by atoms with Gasteiger partial charge in [0, 0.05) is 45.1 Å². The number of sulfonamides is 2. The van der Waals surface area contributed by atoms with E-state index in [9.17, 15) is 36.0 Å². The first-order valence-corrected chi connectivity index (χ1v) is 20.0. The second-order valence-corrected chi connectivity index (χ2v) is 19.0. The van der Waals surface area contributed by atoms with E-state index in [1.165, 1.54) is 11.9 Å². The zero-order valence-electron chi connectivity index (χ0n) is 31.0. The first kappa shape index (κ1) is 44.3. The van der Waals surface area contributed by atoms with Gasteiger partial charge in [-0.05, 0) is 66.2 Å². The minimum atomic E-state index is -4.17. The Morgan fingerprint density at radius 2 is 1.06 bits per heavy atom. The second kappa shape index (κ2) is 18.5. The molecule has 0 aliphatic carbocycles. The van der Waals surface area contributed by atoms with Gasteiger partial charge in [0.15, 0.2) is 0 Å². The van der Waals surface area contributed by atoms with E-state index in [0.717, 1.165) is 0 Å². The molecule has 0 spiro atoms. The third-order valence-corrected chi connectivity index (χ3v) is 9.98. The number of ether oxygens (including phenoxy) is 2. The molecule has 1 aliphatic heterocycles. The average Bonchev–Trinajstić information content (AvgIpc) is 3.23. The van der Waals surface area contributed by atoms with Crippen LogP contribution in [-0.2, 0) is 39.1 Å². The van der Waals surface area contributed by atoms with Gasteiger partial charge >= 0.3 is 12.2 Å². The number of alkyl carbamates (subject to hydrolysis) is 2. The lowest BCUT2D eigenvalue weighted by Crippen LogP contribution is -2.54. The maximum absolute atomic E-state index is 13.5. The summed E-state index contributed by atoms with van der Waals surface area (Å²) >= 11 is 0. The van der Waals surface area contributed by atoms with Crippen molar-refractivity contribution in [1.82, 2.24) is 30.3 Å². The van der Waals surface area contributed by atoms with Crippen LogP contribution in [0.1, 0.15) is 94.9 Å². The van der Waals surface area contributed by atoms with Crippen molar-refractivity contribution in [3.63, 3.8) is 0 Å². The summed E-state index contributed by atoms with van der Waals surface area (Å²) in [6.45, 7) is 17.3. The lowest BCUT2D eigenvalue weighted by Gasteiger charge is -2.27. The molecule has 1 fully saturated rings. The number of hydrogen-bond acceptors (Lipinski definition) is 10. The van der Waals surface area contributed by atoms with Crippen LogP contribution in [0, 0.1) is 11.8 Å². The van der Waals surface area contributed by atoms with Gasteiger partial charge in [-0.2, -0.15) is 0 Å². The van der Waals surface area contributed by atoms with Crippen LogP contribution in [0.5, 0.6) is 0 Å². The van der Waals surface area contributed by atoms with Gasteiger partial charge in [0.25, 0.3) is 0 Å². The molecular formula is C31H60N6O10S2. The maximum Gasteiger partial charge on any atom is 0.407 e. The van der Waals surface area contributed by atoms with Crippen LogP contribution in [0.3, 0.4) is 0 Å². The summed E-state index contributed by atoms with van der Waals surface area (Å²) in [4.78, 5) is 51.1. The van der Waals surface area contributed by atoms with Crippen molar-refractivity contribution in [2.45, 2.75) is 130 Å². The summed E-state index contributed by atoms with van der Waals surface area (Å²) in [7, 11) is -6.90. The van der Waals surface area contributed by atoms with Crippen LogP contribution in [0.4, 0.5) is 9.59 Å². The molecular weight excluding hydrogens is 681 g/mol. The highest BCUT2D eigenvalue weighted by Gasteiger charge is 2.40. The zero-order chi connectivity index (χ0) is 38.0. The van der Waals surface area contributed by atoms with E-state index in [0.29, 0.717) is 12.8 Å². The van der Waals surface area contributed by atoms with Gasteiger partial charge < -0.3 is 30.3 Å². The Kier molecular flexibility index (Phi) is 16.7. The third kappa shape index (κ3) is 19.3. The highest BCUT2D eigenvalue weighted by Crippen LogP contribution is 2.18. The molecule has 0 unspecified atom stereocenters. The number of nitrogens with zero attached hydrogens (tertiary/aromatic N) is 1. The maximum atomic E-state index is 13.5. The molecule has 0 bridgehead atoms. The number of carbonyl (C=O) groups excluding carboxylic acids is 4. The zero-order valence-corrected chi connectivity index (χ0v) is 32.6. The molecule has 0 aromatic carbocycles. The van der Waals surface area contributed by atoms with Crippen molar-refractivity contribution in [3.05, 3.63) is 0 Å². The molecule has 18 heteroatoms. The van der Waals surface area contributed by atoms with Crippen LogP contribution in [0.2, 0.25) is 0 Å². The monoisotopic (exact) mass is 740 g/mol. The van der Waals surface area contributed by atoms with Gasteiger partial charge in [0.2, 0.25) is 31.9 Å². The molecule has 1 saturated heterocycles. The SMILES string of the molecule is CNC(=O)CCC(=O)N1C[C@H](NS(=O)(=O)C[C@H](CC(C)C)NC(=O)OC(C)(C)C)[C@@H](NS(=O)(=O)C[C@H](CC(C)C)NC(=O)OC(C)(C)C)C1. The fraction of sp³-hybridized carbons (Fsp3) is 0.871. The van der Waals surface area contributed by atoms with Crippen LogP contribution in [0.25, 0.3) is 0 Å². The molecule has 1 heterocycles. The normalized spacial score (nSPS) is 18.6. The molecule has 5 N–H and O–H groups in total.